The Labute approximate surface area is 117 Å². The first-order valence-electron chi connectivity index (χ1n) is 6.98. The molecule has 1 aliphatic rings. The lowest BCUT2D eigenvalue weighted by molar-refractivity contribution is -0.141. The molecule has 0 saturated heterocycles. The summed E-state index contributed by atoms with van der Waals surface area (Å²) in [5.74, 6) is 0.136. The number of rotatable bonds is 5. The third kappa shape index (κ3) is 2.46. The highest BCUT2D eigenvalue weighted by Crippen LogP contribution is 2.44. The predicted octanol–water partition coefficient (Wildman–Crippen LogP) is 3.29. The zero-order valence-corrected chi connectivity index (χ0v) is 11.3. The number of aromatic nitrogens is 1. The molecule has 4 heteroatoms. The van der Waals surface area contributed by atoms with E-state index in [0.29, 0.717) is 6.54 Å². The zero-order chi connectivity index (χ0) is 14.0. The third-order valence-electron chi connectivity index (χ3n) is 4.24. The average molecular weight is 270 g/mol. The quantitative estimate of drug-likeness (QED) is 0.875. The van der Waals surface area contributed by atoms with Gasteiger partial charge in [0, 0.05) is 18.1 Å². The van der Waals surface area contributed by atoms with Crippen molar-refractivity contribution in [3.63, 3.8) is 0 Å². The minimum atomic E-state index is -0.711. The van der Waals surface area contributed by atoms with Gasteiger partial charge in [0.2, 0.25) is 0 Å². The summed E-state index contributed by atoms with van der Waals surface area (Å²) in [5, 5.41) is 14.6. The van der Waals surface area contributed by atoms with E-state index in [2.05, 4.69) is 16.4 Å². The van der Waals surface area contributed by atoms with Gasteiger partial charge in [-0.15, -0.1) is 0 Å². The Kier molecular flexibility index (Phi) is 3.30. The topological polar surface area (TPSA) is 62.2 Å². The van der Waals surface area contributed by atoms with E-state index in [-0.39, 0.29) is 11.8 Å². The molecule has 104 valence electrons. The fourth-order valence-electron chi connectivity index (χ4n) is 2.95. The average Bonchev–Trinajstić information content (AvgIpc) is 2.41. The van der Waals surface area contributed by atoms with Crippen molar-refractivity contribution in [3.05, 3.63) is 36.5 Å². The van der Waals surface area contributed by atoms with Crippen LogP contribution < -0.4 is 5.32 Å². The second kappa shape index (κ2) is 5.12. The van der Waals surface area contributed by atoms with Gasteiger partial charge >= 0.3 is 5.97 Å². The van der Waals surface area contributed by atoms with Gasteiger partial charge in [0.05, 0.1) is 6.42 Å². The summed E-state index contributed by atoms with van der Waals surface area (Å²) >= 11 is 0. The summed E-state index contributed by atoms with van der Waals surface area (Å²) in [6, 6.07) is 10.1. The molecular weight excluding hydrogens is 252 g/mol. The van der Waals surface area contributed by atoms with Crippen LogP contribution in [0.1, 0.15) is 25.7 Å². The minimum absolute atomic E-state index is 0.0928. The lowest BCUT2D eigenvalue weighted by atomic mass is 9.66. The molecule has 1 aromatic heterocycles. The molecule has 1 fully saturated rings. The Morgan fingerprint density at radius 3 is 2.80 bits per heavy atom. The second-order valence-electron chi connectivity index (χ2n) is 5.66. The van der Waals surface area contributed by atoms with Crippen LogP contribution in [0.2, 0.25) is 0 Å². The number of carbonyl (C=O) groups is 1. The normalized spacial score (nSPS) is 16.6. The summed E-state index contributed by atoms with van der Waals surface area (Å²) in [6.07, 6.45) is 5.12. The van der Waals surface area contributed by atoms with Gasteiger partial charge in [0.1, 0.15) is 5.82 Å². The van der Waals surface area contributed by atoms with Crippen LogP contribution in [0.5, 0.6) is 0 Å². The number of benzene rings is 1. The number of pyridine rings is 1. The molecule has 0 aliphatic heterocycles. The smallest absolute Gasteiger partial charge is 0.303 e. The summed E-state index contributed by atoms with van der Waals surface area (Å²) < 4.78 is 0. The van der Waals surface area contributed by atoms with Crippen LogP contribution in [0.3, 0.4) is 0 Å². The molecule has 0 bridgehead atoms. The number of anilines is 1. The first-order valence-corrected chi connectivity index (χ1v) is 6.98. The minimum Gasteiger partial charge on any atom is -0.481 e. The molecular formula is C16H18N2O2. The van der Waals surface area contributed by atoms with E-state index in [9.17, 15) is 4.79 Å². The summed E-state index contributed by atoms with van der Waals surface area (Å²) in [5.41, 5.74) is -0.0928. The maximum atomic E-state index is 11.0. The van der Waals surface area contributed by atoms with Crippen molar-refractivity contribution in [1.82, 2.24) is 4.98 Å². The van der Waals surface area contributed by atoms with Crippen LogP contribution in [-0.4, -0.2) is 22.6 Å². The molecule has 2 aromatic rings. The maximum Gasteiger partial charge on any atom is 0.303 e. The van der Waals surface area contributed by atoms with Crippen molar-refractivity contribution >= 4 is 22.6 Å². The molecule has 4 nitrogen and oxygen atoms in total. The van der Waals surface area contributed by atoms with Gasteiger partial charge in [-0.2, -0.15) is 0 Å². The molecule has 2 N–H and O–H groups in total. The molecule has 0 atom stereocenters. The standard InChI is InChI=1S/C16H18N2O2/c19-14(20)10-16(7-3-8-16)11-18-15-13-5-2-1-4-12(13)6-9-17-15/h1-2,4-6,9H,3,7-8,10-11H2,(H,17,18)(H,19,20). The van der Waals surface area contributed by atoms with Gasteiger partial charge in [-0.05, 0) is 29.7 Å². The number of nitrogens with zero attached hydrogens (tertiary/aromatic N) is 1. The SMILES string of the molecule is O=C(O)CC1(CNc2nccc3ccccc23)CCC1. The van der Waals surface area contributed by atoms with Crippen LogP contribution in [0.4, 0.5) is 5.82 Å². The number of nitrogens with one attached hydrogen (secondary N) is 1. The highest BCUT2D eigenvalue weighted by molar-refractivity contribution is 5.91. The lowest BCUT2D eigenvalue weighted by Crippen LogP contribution is -2.38. The molecule has 20 heavy (non-hydrogen) atoms. The Morgan fingerprint density at radius 2 is 2.10 bits per heavy atom. The molecule has 0 spiro atoms. The molecule has 1 saturated carbocycles. The van der Waals surface area contributed by atoms with E-state index in [4.69, 9.17) is 5.11 Å². The van der Waals surface area contributed by atoms with E-state index in [1.807, 2.05) is 24.3 Å². The van der Waals surface area contributed by atoms with Crippen LogP contribution in [-0.2, 0) is 4.79 Å². The van der Waals surface area contributed by atoms with Gasteiger partial charge in [-0.25, -0.2) is 4.98 Å². The largest absolute Gasteiger partial charge is 0.481 e. The molecule has 0 amide bonds. The van der Waals surface area contributed by atoms with Crippen molar-refractivity contribution in [3.8, 4) is 0 Å². The second-order valence-corrected chi connectivity index (χ2v) is 5.66. The van der Waals surface area contributed by atoms with Crippen LogP contribution >= 0.6 is 0 Å². The van der Waals surface area contributed by atoms with Gasteiger partial charge in [0.25, 0.3) is 0 Å². The predicted molar refractivity (Wildman–Crippen MR) is 78.8 cm³/mol. The van der Waals surface area contributed by atoms with Crippen LogP contribution in [0, 0.1) is 5.41 Å². The number of carboxylic acid groups (broad SMARTS) is 1. The highest BCUT2D eigenvalue weighted by Gasteiger charge is 2.38. The van der Waals surface area contributed by atoms with E-state index >= 15 is 0 Å². The number of aliphatic carboxylic acids is 1. The Balaban J connectivity index is 1.78. The molecule has 3 rings (SSSR count). The maximum absolute atomic E-state index is 11.0. The summed E-state index contributed by atoms with van der Waals surface area (Å²) in [4.78, 5) is 15.4. The molecule has 1 aromatic carbocycles. The number of fused-ring (bicyclic) bond motifs is 1. The van der Waals surface area contributed by atoms with E-state index in [1.54, 1.807) is 6.20 Å². The Bertz CT molecular complexity index is 630. The highest BCUT2D eigenvalue weighted by atomic mass is 16.4. The molecule has 0 radical (unpaired) electrons. The fraction of sp³-hybridized carbons (Fsp3) is 0.375. The molecule has 0 unspecified atom stereocenters. The van der Waals surface area contributed by atoms with Gasteiger partial charge in [-0.1, -0.05) is 30.7 Å². The van der Waals surface area contributed by atoms with Crippen LogP contribution in [0.25, 0.3) is 10.8 Å². The number of hydrogen-bond donors (Lipinski definition) is 2. The first kappa shape index (κ1) is 12.9. The Hall–Kier alpha value is -2.10. The summed E-state index contributed by atoms with van der Waals surface area (Å²) in [6.45, 7) is 0.681. The zero-order valence-electron chi connectivity index (χ0n) is 11.3. The first-order chi connectivity index (χ1) is 9.69. The molecule has 1 heterocycles. The Morgan fingerprint density at radius 1 is 1.30 bits per heavy atom. The van der Waals surface area contributed by atoms with Crippen molar-refractivity contribution < 1.29 is 9.90 Å². The lowest BCUT2D eigenvalue weighted by Gasteiger charge is -2.41. The fourth-order valence-corrected chi connectivity index (χ4v) is 2.95. The number of carboxylic acids is 1. The van der Waals surface area contributed by atoms with Gasteiger partial charge in [0.15, 0.2) is 0 Å². The monoisotopic (exact) mass is 270 g/mol. The van der Waals surface area contributed by atoms with E-state index in [1.165, 1.54) is 0 Å². The van der Waals surface area contributed by atoms with E-state index in [0.717, 1.165) is 35.9 Å². The van der Waals surface area contributed by atoms with Crippen molar-refractivity contribution in [1.29, 1.82) is 0 Å². The van der Waals surface area contributed by atoms with Crippen molar-refractivity contribution in [2.24, 2.45) is 5.41 Å². The van der Waals surface area contributed by atoms with Crippen molar-refractivity contribution in [2.75, 3.05) is 11.9 Å². The van der Waals surface area contributed by atoms with Crippen LogP contribution in [0.15, 0.2) is 36.5 Å². The van der Waals surface area contributed by atoms with Gasteiger partial charge in [-0.3, -0.25) is 4.79 Å². The summed E-state index contributed by atoms with van der Waals surface area (Å²) in [7, 11) is 0. The van der Waals surface area contributed by atoms with E-state index < -0.39 is 5.97 Å². The number of hydrogen-bond acceptors (Lipinski definition) is 3. The van der Waals surface area contributed by atoms with Gasteiger partial charge < -0.3 is 10.4 Å². The van der Waals surface area contributed by atoms with Crippen molar-refractivity contribution in [2.45, 2.75) is 25.7 Å². The molecule has 1 aliphatic carbocycles. The third-order valence-corrected chi connectivity index (χ3v) is 4.24.